The highest BCUT2D eigenvalue weighted by Gasteiger charge is 2.35. The van der Waals surface area contributed by atoms with Crippen LogP contribution in [-0.4, -0.2) is 22.7 Å². The lowest BCUT2D eigenvalue weighted by Crippen LogP contribution is -2.26. The van der Waals surface area contributed by atoms with Gasteiger partial charge in [0.05, 0.1) is 12.1 Å². The number of hydrogen-bond donors (Lipinski definition) is 0. The molecule has 0 radical (unpaired) electrons. The number of carboxylic acid groups (broad SMARTS) is 1. The number of carbonyl (C=O) groups is 2. The van der Waals surface area contributed by atoms with Crippen LogP contribution in [0.5, 0.6) is 0 Å². The van der Waals surface area contributed by atoms with E-state index in [1.807, 2.05) is 6.07 Å². The van der Waals surface area contributed by atoms with E-state index in [2.05, 4.69) is 25.9 Å². The highest BCUT2D eigenvalue weighted by Crippen LogP contribution is 2.46. The monoisotopic (exact) mass is 392 g/mol. The summed E-state index contributed by atoms with van der Waals surface area (Å²) in [6.07, 6.45) is 3.57. The first kappa shape index (κ1) is 22.4. The van der Waals surface area contributed by atoms with E-state index in [0.717, 1.165) is 18.5 Å². The average molecular weight is 393 g/mol. The molecular formula is C22H34NO5-. The van der Waals surface area contributed by atoms with Gasteiger partial charge in [-0.3, -0.25) is 4.79 Å². The summed E-state index contributed by atoms with van der Waals surface area (Å²) in [4.78, 5) is 23.1. The fourth-order valence-corrected chi connectivity index (χ4v) is 3.92. The zero-order chi connectivity index (χ0) is 21.1. The highest BCUT2D eigenvalue weighted by atomic mass is 16.6. The Labute approximate surface area is 168 Å². The summed E-state index contributed by atoms with van der Waals surface area (Å²) in [7, 11) is 0. The average Bonchev–Trinajstić information content (AvgIpc) is 2.93. The van der Waals surface area contributed by atoms with Crippen LogP contribution in [0, 0.1) is 11.3 Å². The van der Waals surface area contributed by atoms with Crippen LogP contribution < -0.4 is 5.11 Å². The minimum Gasteiger partial charge on any atom is -0.550 e. The van der Waals surface area contributed by atoms with Crippen molar-refractivity contribution in [2.75, 3.05) is 0 Å². The standard InChI is InChI=1S/C22H35NO5/c1-21(2,3)13-14-9-16(10-14)17-12-18(28-23-17)15(7-8-19(24)25)11-20(26)27-22(4,5)6/h12,14-16H,7-11,13H2,1-6H3,(H,24,25)/p-1/t14?,15-,16?/m0/s1. The van der Waals surface area contributed by atoms with E-state index in [1.54, 1.807) is 20.8 Å². The van der Waals surface area contributed by atoms with E-state index in [9.17, 15) is 14.7 Å². The molecule has 0 saturated heterocycles. The van der Waals surface area contributed by atoms with E-state index in [0.29, 0.717) is 23.0 Å². The molecule has 0 bridgehead atoms. The maximum atomic E-state index is 12.2. The number of esters is 1. The van der Waals surface area contributed by atoms with E-state index in [4.69, 9.17) is 9.26 Å². The Hall–Kier alpha value is -1.85. The molecule has 1 aromatic rings. The molecule has 1 saturated carbocycles. The molecule has 0 unspecified atom stereocenters. The Balaban J connectivity index is 2.00. The smallest absolute Gasteiger partial charge is 0.307 e. The Morgan fingerprint density at radius 3 is 2.43 bits per heavy atom. The minimum atomic E-state index is -1.14. The van der Waals surface area contributed by atoms with Gasteiger partial charge in [-0.05, 0) is 64.2 Å². The predicted octanol–water partition coefficient (Wildman–Crippen LogP) is 3.95. The van der Waals surface area contributed by atoms with Crippen molar-refractivity contribution >= 4 is 11.9 Å². The predicted molar refractivity (Wildman–Crippen MR) is 103 cm³/mol. The van der Waals surface area contributed by atoms with E-state index in [1.165, 1.54) is 6.42 Å². The molecule has 0 amide bonds. The van der Waals surface area contributed by atoms with Gasteiger partial charge in [0.2, 0.25) is 0 Å². The molecular weight excluding hydrogens is 358 g/mol. The number of ether oxygens (including phenoxy) is 1. The molecule has 28 heavy (non-hydrogen) atoms. The van der Waals surface area contributed by atoms with Gasteiger partial charge in [0.15, 0.2) is 0 Å². The number of rotatable bonds is 8. The fraction of sp³-hybridized carbons (Fsp3) is 0.773. The summed E-state index contributed by atoms with van der Waals surface area (Å²) >= 11 is 0. The summed E-state index contributed by atoms with van der Waals surface area (Å²) < 4.78 is 10.9. The molecule has 6 nitrogen and oxygen atoms in total. The quantitative estimate of drug-likeness (QED) is 0.622. The molecule has 2 rings (SSSR count). The van der Waals surface area contributed by atoms with Crippen molar-refractivity contribution < 1.29 is 24.0 Å². The van der Waals surface area contributed by atoms with Gasteiger partial charge < -0.3 is 19.2 Å². The van der Waals surface area contributed by atoms with Gasteiger partial charge in [-0.15, -0.1) is 0 Å². The van der Waals surface area contributed by atoms with Crippen molar-refractivity contribution in [1.29, 1.82) is 0 Å². The van der Waals surface area contributed by atoms with Crippen molar-refractivity contribution in [2.45, 2.75) is 97.5 Å². The number of carboxylic acids is 1. The van der Waals surface area contributed by atoms with Gasteiger partial charge >= 0.3 is 5.97 Å². The Bertz CT molecular complexity index is 674. The van der Waals surface area contributed by atoms with Crippen LogP contribution in [0.1, 0.15) is 103 Å². The molecule has 1 aliphatic rings. The molecule has 1 atom stereocenters. The number of carbonyl (C=O) groups excluding carboxylic acids is 2. The highest BCUT2D eigenvalue weighted by molar-refractivity contribution is 5.71. The molecule has 0 N–H and O–H groups in total. The van der Waals surface area contributed by atoms with Gasteiger partial charge in [0.1, 0.15) is 11.4 Å². The third-order valence-corrected chi connectivity index (χ3v) is 5.03. The molecule has 1 fully saturated rings. The number of nitrogens with zero attached hydrogens (tertiary/aromatic N) is 1. The van der Waals surface area contributed by atoms with Gasteiger partial charge in [0.25, 0.3) is 0 Å². The zero-order valence-corrected chi connectivity index (χ0v) is 18.0. The van der Waals surface area contributed by atoms with Crippen LogP contribution >= 0.6 is 0 Å². The molecule has 0 aliphatic heterocycles. The first-order valence-corrected chi connectivity index (χ1v) is 10.2. The second-order valence-corrected chi connectivity index (χ2v) is 10.4. The Morgan fingerprint density at radius 1 is 1.25 bits per heavy atom. The lowest BCUT2D eigenvalue weighted by atomic mass is 9.67. The Morgan fingerprint density at radius 2 is 1.89 bits per heavy atom. The molecule has 6 heteroatoms. The third-order valence-electron chi connectivity index (χ3n) is 5.03. The summed E-state index contributed by atoms with van der Waals surface area (Å²) in [5.41, 5.74) is 0.646. The first-order chi connectivity index (χ1) is 12.8. The van der Waals surface area contributed by atoms with Crippen LogP contribution in [0.15, 0.2) is 10.6 Å². The van der Waals surface area contributed by atoms with Crippen LogP contribution in [0.2, 0.25) is 0 Å². The van der Waals surface area contributed by atoms with E-state index >= 15 is 0 Å². The maximum absolute atomic E-state index is 12.2. The molecule has 1 heterocycles. The van der Waals surface area contributed by atoms with Crippen LogP contribution in [-0.2, 0) is 14.3 Å². The minimum absolute atomic E-state index is 0.0660. The molecule has 1 aromatic heterocycles. The Kier molecular flexibility index (Phi) is 6.94. The summed E-state index contributed by atoms with van der Waals surface area (Å²) in [5.74, 6) is -0.240. The lowest BCUT2D eigenvalue weighted by Gasteiger charge is -2.37. The van der Waals surface area contributed by atoms with Gasteiger partial charge in [-0.1, -0.05) is 25.9 Å². The number of aromatic nitrogens is 1. The van der Waals surface area contributed by atoms with Crippen LogP contribution in [0.25, 0.3) is 0 Å². The number of aliphatic carboxylic acids is 1. The first-order valence-electron chi connectivity index (χ1n) is 10.2. The van der Waals surface area contributed by atoms with Crippen molar-refractivity contribution in [3.05, 3.63) is 17.5 Å². The number of hydrogen-bond acceptors (Lipinski definition) is 6. The topological polar surface area (TPSA) is 92.5 Å². The second kappa shape index (κ2) is 8.66. The SMILES string of the molecule is CC(C)(C)CC1CC(c2cc([C@@H](CCC(=O)[O-])CC(=O)OC(C)(C)C)on2)C1. The van der Waals surface area contributed by atoms with Crippen LogP contribution in [0.4, 0.5) is 0 Å². The lowest BCUT2D eigenvalue weighted by molar-refractivity contribution is -0.305. The molecule has 0 aromatic carbocycles. The summed E-state index contributed by atoms with van der Waals surface area (Å²) in [6.45, 7) is 12.2. The van der Waals surface area contributed by atoms with Crippen LogP contribution in [0.3, 0.4) is 0 Å². The van der Waals surface area contributed by atoms with Crippen molar-refractivity contribution in [2.24, 2.45) is 11.3 Å². The van der Waals surface area contributed by atoms with Crippen molar-refractivity contribution in [3.63, 3.8) is 0 Å². The molecule has 1 aliphatic carbocycles. The molecule has 158 valence electrons. The van der Waals surface area contributed by atoms with Gasteiger partial charge in [-0.25, -0.2) is 0 Å². The fourth-order valence-electron chi connectivity index (χ4n) is 3.92. The summed E-state index contributed by atoms with van der Waals surface area (Å²) in [5, 5.41) is 15.1. The van der Waals surface area contributed by atoms with Gasteiger partial charge in [-0.2, -0.15) is 0 Å². The zero-order valence-electron chi connectivity index (χ0n) is 18.0. The van der Waals surface area contributed by atoms with Gasteiger partial charge in [0, 0.05) is 23.9 Å². The van der Waals surface area contributed by atoms with E-state index < -0.39 is 11.6 Å². The van der Waals surface area contributed by atoms with Crippen molar-refractivity contribution in [1.82, 2.24) is 5.16 Å². The van der Waals surface area contributed by atoms with Crippen molar-refractivity contribution in [3.8, 4) is 0 Å². The summed E-state index contributed by atoms with van der Waals surface area (Å²) in [6, 6.07) is 1.89. The normalized spacial score (nSPS) is 21.1. The third kappa shape index (κ3) is 7.28. The van der Waals surface area contributed by atoms with E-state index in [-0.39, 0.29) is 31.1 Å². The maximum Gasteiger partial charge on any atom is 0.307 e. The molecule has 0 spiro atoms. The largest absolute Gasteiger partial charge is 0.550 e. The second-order valence-electron chi connectivity index (χ2n) is 10.4.